The van der Waals surface area contributed by atoms with E-state index in [1.165, 1.54) is 11.3 Å². The molecule has 1 heterocycles. The van der Waals surface area contributed by atoms with Gasteiger partial charge >= 0.3 is 0 Å². The Labute approximate surface area is 160 Å². The number of para-hydroxylation sites is 1. The van der Waals surface area contributed by atoms with Crippen molar-refractivity contribution in [2.75, 3.05) is 24.3 Å². The zero-order valence-corrected chi connectivity index (χ0v) is 15.9. The van der Waals surface area contributed by atoms with E-state index >= 15 is 0 Å². The first-order valence-electron chi connectivity index (χ1n) is 8.39. The van der Waals surface area contributed by atoms with Gasteiger partial charge in [0.05, 0.1) is 15.9 Å². The maximum atomic E-state index is 12.0. The molecule has 0 bridgehead atoms. The first-order chi connectivity index (χ1) is 13.1. The van der Waals surface area contributed by atoms with Crippen molar-refractivity contribution in [3.63, 3.8) is 0 Å². The summed E-state index contributed by atoms with van der Waals surface area (Å²) in [4.78, 5) is 28.9. The Morgan fingerprint density at radius 1 is 1.22 bits per heavy atom. The number of carbonyl (C=O) groups is 2. The summed E-state index contributed by atoms with van der Waals surface area (Å²) >= 11 is 1.45. The van der Waals surface area contributed by atoms with Crippen molar-refractivity contribution in [1.29, 1.82) is 0 Å². The first-order valence-corrected chi connectivity index (χ1v) is 9.20. The van der Waals surface area contributed by atoms with Crippen molar-refractivity contribution in [2.45, 2.75) is 12.8 Å². The SMILES string of the molecule is CN(C)c1ccc(N=Nc2nc3ccccc3s2)c(NC(=O)CCC=O)c1. The minimum atomic E-state index is -0.241. The van der Waals surface area contributed by atoms with Crippen LogP contribution in [0.5, 0.6) is 0 Å². The van der Waals surface area contributed by atoms with Crippen LogP contribution in [-0.2, 0) is 9.59 Å². The number of fused-ring (bicyclic) bond motifs is 1. The number of azo groups is 1. The minimum Gasteiger partial charge on any atom is -0.378 e. The molecule has 8 heteroatoms. The predicted octanol–water partition coefficient (Wildman–Crippen LogP) is 4.70. The summed E-state index contributed by atoms with van der Waals surface area (Å²) in [6.45, 7) is 0. The zero-order valence-electron chi connectivity index (χ0n) is 15.0. The summed E-state index contributed by atoms with van der Waals surface area (Å²) in [7, 11) is 3.82. The van der Waals surface area contributed by atoms with Gasteiger partial charge in [0.1, 0.15) is 12.0 Å². The van der Waals surface area contributed by atoms with Crippen LogP contribution in [0.4, 0.5) is 22.2 Å². The van der Waals surface area contributed by atoms with Crippen molar-refractivity contribution >= 4 is 55.9 Å². The highest BCUT2D eigenvalue weighted by atomic mass is 32.1. The third-order valence-corrected chi connectivity index (χ3v) is 4.71. The van der Waals surface area contributed by atoms with Gasteiger partial charge in [-0.05, 0) is 30.3 Å². The fraction of sp³-hybridized carbons (Fsp3) is 0.211. The monoisotopic (exact) mass is 381 g/mol. The Bertz CT molecular complexity index is 964. The van der Waals surface area contributed by atoms with E-state index in [4.69, 9.17) is 0 Å². The Morgan fingerprint density at radius 3 is 2.78 bits per heavy atom. The zero-order chi connectivity index (χ0) is 19.2. The van der Waals surface area contributed by atoms with E-state index in [1.54, 1.807) is 6.07 Å². The topological polar surface area (TPSA) is 87.0 Å². The quantitative estimate of drug-likeness (QED) is 0.475. The molecule has 27 heavy (non-hydrogen) atoms. The minimum absolute atomic E-state index is 0.129. The lowest BCUT2D eigenvalue weighted by Crippen LogP contribution is -2.13. The lowest BCUT2D eigenvalue weighted by atomic mass is 10.2. The average molecular weight is 381 g/mol. The molecule has 1 N–H and O–H groups in total. The van der Waals surface area contributed by atoms with Gasteiger partial charge in [-0.3, -0.25) is 4.79 Å². The molecule has 1 aromatic heterocycles. The molecule has 1 amide bonds. The van der Waals surface area contributed by atoms with E-state index in [-0.39, 0.29) is 18.7 Å². The number of benzene rings is 2. The number of rotatable bonds is 7. The highest BCUT2D eigenvalue weighted by Gasteiger charge is 2.10. The number of carbonyl (C=O) groups excluding carboxylic acids is 2. The number of hydrogen-bond acceptors (Lipinski definition) is 7. The van der Waals surface area contributed by atoms with Crippen molar-refractivity contribution < 1.29 is 9.59 Å². The Morgan fingerprint density at radius 2 is 2.04 bits per heavy atom. The largest absolute Gasteiger partial charge is 0.378 e. The fourth-order valence-corrected chi connectivity index (χ4v) is 3.18. The number of anilines is 2. The number of aromatic nitrogens is 1. The summed E-state index contributed by atoms with van der Waals surface area (Å²) in [6, 6.07) is 13.3. The van der Waals surface area contributed by atoms with E-state index in [0.717, 1.165) is 22.2 Å². The Kier molecular flexibility index (Phi) is 5.87. The smallest absolute Gasteiger partial charge is 0.231 e. The van der Waals surface area contributed by atoms with Gasteiger partial charge in [0.15, 0.2) is 0 Å². The van der Waals surface area contributed by atoms with Gasteiger partial charge < -0.3 is 15.0 Å². The normalized spacial score (nSPS) is 11.0. The maximum Gasteiger partial charge on any atom is 0.231 e. The lowest BCUT2D eigenvalue weighted by Gasteiger charge is -2.15. The summed E-state index contributed by atoms with van der Waals surface area (Å²) < 4.78 is 1.04. The number of amides is 1. The Balaban J connectivity index is 1.88. The lowest BCUT2D eigenvalue weighted by molar-refractivity contribution is -0.118. The van der Waals surface area contributed by atoms with Crippen molar-refractivity contribution in [3.05, 3.63) is 42.5 Å². The van der Waals surface area contributed by atoms with Crippen LogP contribution in [0.25, 0.3) is 10.2 Å². The molecule has 0 fully saturated rings. The fourth-order valence-electron chi connectivity index (χ4n) is 2.39. The molecular formula is C19H19N5O2S. The summed E-state index contributed by atoms with van der Waals surface area (Å²) in [5.74, 6) is -0.241. The molecule has 0 aliphatic heterocycles. The highest BCUT2D eigenvalue weighted by molar-refractivity contribution is 7.21. The van der Waals surface area contributed by atoms with Crippen LogP contribution in [0, 0.1) is 0 Å². The van der Waals surface area contributed by atoms with Crippen LogP contribution in [0.3, 0.4) is 0 Å². The number of hydrogen-bond donors (Lipinski definition) is 1. The van der Waals surface area contributed by atoms with E-state index in [2.05, 4.69) is 20.5 Å². The van der Waals surface area contributed by atoms with E-state index < -0.39 is 0 Å². The number of aldehydes is 1. The van der Waals surface area contributed by atoms with Gasteiger partial charge in [-0.1, -0.05) is 23.5 Å². The van der Waals surface area contributed by atoms with Crippen molar-refractivity contribution in [3.8, 4) is 0 Å². The van der Waals surface area contributed by atoms with Gasteiger partial charge in [0.25, 0.3) is 0 Å². The molecular weight excluding hydrogens is 362 g/mol. The molecule has 0 radical (unpaired) electrons. The number of nitrogens with zero attached hydrogens (tertiary/aromatic N) is 4. The van der Waals surface area contributed by atoms with Gasteiger partial charge in [0, 0.05) is 32.6 Å². The van der Waals surface area contributed by atoms with Crippen LogP contribution >= 0.6 is 11.3 Å². The van der Waals surface area contributed by atoms with Crippen LogP contribution in [0.1, 0.15) is 12.8 Å². The van der Waals surface area contributed by atoms with Crippen LogP contribution < -0.4 is 10.2 Å². The molecule has 3 aromatic rings. The third kappa shape index (κ3) is 4.73. The van der Waals surface area contributed by atoms with E-state index in [9.17, 15) is 9.59 Å². The molecule has 2 aromatic carbocycles. The molecule has 0 aliphatic carbocycles. The Hall–Kier alpha value is -3.13. The van der Waals surface area contributed by atoms with Gasteiger partial charge in [0.2, 0.25) is 11.0 Å². The van der Waals surface area contributed by atoms with Crippen molar-refractivity contribution in [1.82, 2.24) is 4.98 Å². The van der Waals surface area contributed by atoms with Gasteiger partial charge in [-0.25, -0.2) is 4.98 Å². The second-order valence-corrected chi connectivity index (χ2v) is 7.02. The van der Waals surface area contributed by atoms with Crippen LogP contribution in [0.2, 0.25) is 0 Å². The maximum absolute atomic E-state index is 12.0. The molecule has 0 aliphatic rings. The van der Waals surface area contributed by atoms with E-state index in [1.807, 2.05) is 55.4 Å². The van der Waals surface area contributed by atoms with Crippen molar-refractivity contribution in [2.24, 2.45) is 10.2 Å². The molecule has 0 spiro atoms. The van der Waals surface area contributed by atoms with E-state index in [0.29, 0.717) is 16.5 Å². The van der Waals surface area contributed by atoms with Crippen LogP contribution in [-0.4, -0.2) is 31.3 Å². The second kappa shape index (κ2) is 8.50. The van der Waals surface area contributed by atoms with Crippen LogP contribution in [0.15, 0.2) is 52.7 Å². The second-order valence-electron chi connectivity index (χ2n) is 6.01. The van der Waals surface area contributed by atoms with Gasteiger partial charge in [-0.2, -0.15) is 0 Å². The molecule has 7 nitrogen and oxygen atoms in total. The first kappa shape index (κ1) is 18.7. The summed E-state index contributed by atoms with van der Waals surface area (Å²) in [5.41, 5.74) is 2.86. The number of nitrogens with one attached hydrogen (secondary N) is 1. The molecule has 138 valence electrons. The predicted molar refractivity (Wildman–Crippen MR) is 108 cm³/mol. The summed E-state index contributed by atoms with van der Waals surface area (Å²) in [5, 5.41) is 11.9. The average Bonchev–Trinajstić information content (AvgIpc) is 3.08. The molecule has 3 rings (SSSR count). The molecule has 0 unspecified atom stereocenters. The highest BCUT2D eigenvalue weighted by Crippen LogP contribution is 2.33. The summed E-state index contributed by atoms with van der Waals surface area (Å²) in [6.07, 6.45) is 1.04. The standard InChI is InChI=1S/C19H19N5O2S/c1-24(2)13-9-10-14(16(12-13)20-18(26)8-5-11-25)22-23-19-21-15-6-3-4-7-17(15)27-19/h3-4,6-7,9-12H,5,8H2,1-2H3,(H,20,26). The molecule has 0 atom stereocenters. The molecule has 0 saturated carbocycles. The molecule has 0 saturated heterocycles. The van der Waals surface area contributed by atoms with Gasteiger partial charge in [-0.15, -0.1) is 10.2 Å². The number of thiazole rings is 1. The third-order valence-electron chi connectivity index (χ3n) is 3.79.